The van der Waals surface area contributed by atoms with E-state index in [1.165, 1.54) is 32.1 Å². The molecule has 1 saturated heterocycles. The lowest BCUT2D eigenvalue weighted by atomic mass is 9.71. The second-order valence-corrected chi connectivity index (χ2v) is 7.50. The molecule has 3 heteroatoms. The van der Waals surface area contributed by atoms with Crippen molar-refractivity contribution < 1.29 is 5.11 Å². The summed E-state index contributed by atoms with van der Waals surface area (Å²) >= 11 is 0. The molecule has 1 unspecified atom stereocenters. The lowest BCUT2D eigenvalue weighted by molar-refractivity contribution is 0.0481. The molecule has 1 aliphatic heterocycles. The Morgan fingerprint density at radius 2 is 1.84 bits per heavy atom. The van der Waals surface area contributed by atoms with Crippen molar-refractivity contribution in [2.45, 2.75) is 65.0 Å². The molecule has 1 atom stereocenters. The van der Waals surface area contributed by atoms with Crippen molar-refractivity contribution in [2.75, 3.05) is 26.2 Å². The van der Waals surface area contributed by atoms with Gasteiger partial charge in [0.15, 0.2) is 0 Å². The van der Waals surface area contributed by atoms with Crippen LogP contribution in [0.2, 0.25) is 0 Å². The first-order chi connectivity index (χ1) is 9.02. The molecular formula is C16H32N2O. The van der Waals surface area contributed by atoms with Crippen molar-refractivity contribution >= 4 is 0 Å². The Hall–Kier alpha value is -0.120. The van der Waals surface area contributed by atoms with Gasteiger partial charge < -0.3 is 10.4 Å². The zero-order chi connectivity index (χ0) is 13.9. The van der Waals surface area contributed by atoms with E-state index in [1.807, 2.05) is 0 Å². The van der Waals surface area contributed by atoms with Crippen LogP contribution in [0, 0.1) is 11.3 Å². The smallest absolute Gasteiger partial charge is 0.0599 e. The summed E-state index contributed by atoms with van der Waals surface area (Å²) in [5.74, 6) is 0.876. The second kappa shape index (κ2) is 6.55. The number of hydrogen-bond donors (Lipinski definition) is 2. The Bertz CT molecular complexity index is 266. The molecule has 19 heavy (non-hydrogen) atoms. The molecule has 2 N–H and O–H groups in total. The predicted molar refractivity (Wildman–Crippen MR) is 80.3 cm³/mol. The molecule has 2 rings (SSSR count). The van der Waals surface area contributed by atoms with Gasteiger partial charge in [0.25, 0.3) is 0 Å². The predicted octanol–water partition coefficient (Wildman–Crippen LogP) is 2.25. The van der Waals surface area contributed by atoms with E-state index in [0.29, 0.717) is 24.1 Å². The Balaban J connectivity index is 1.91. The summed E-state index contributed by atoms with van der Waals surface area (Å²) in [6.07, 6.45) is 6.57. The van der Waals surface area contributed by atoms with Gasteiger partial charge in [-0.1, -0.05) is 20.8 Å². The molecule has 2 fully saturated rings. The maximum absolute atomic E-state index is 9.62. The zero-order valence-corrected chi connectivity index (χ0v) is 13.0. The van der Waals surface area contributed by atoms with Crippen LogP contribution in [0.1, 0.15) is 52.9 Å². The van der Waals surface area contributed by atoms with Gasteiger partial charge in [-0.15, -0.1) is 0 Å². The molecule has 0 radical (unpaired) electrons. The highest BCUT2D eigenvalue weighted by molar-refractivity contribution is 4.88. The van der Waals surface area contributed by atoms with Crippen molar-refractivity contribution in [3.05, 3.63) is 0 Å². The van der Waals surface area contributed by atoms with Crippen LogP contribution in [0.25, 0.3) is 0 Å². The molecule has 0 amide bonds. The van der Waals surface area contributed by atoms with Crippen LogP contribution in [0.3, 0.4) is 0 Å². The third-order valence-corrected chi connectivity index (χ3v) is 5.22. The molecule has 0 aromatic heterocycles. The number of aliphatic hydroxyl groups excluding tert-OH is 1. The van der Waals surface area contributed by atoms with E-state index in [1.54, 1.807) is 0 Å². The largest absolute Gasteiger partial charge is 0.395 e. The van der Waals surface area contributed by atoms with Crippen LogP contribution in [0.15, 0.2) is 0 Å². The fourth-order valence-electron chi connectivity index (χ4n) is 3.88. The van der Waals surface area contributed by atoms with Crippen LogP contribution in [0.4, 0.5) is 0 Å². The molecule has 1 aliphatic carbocycles. The lowest BCUT2D eigenvalue weighted by Gasteiger charge is -2.43. The summed E-state index contributed by atoms with van der Waals surface area (Å²) in [5, 5.41) is 13.1. The van der Waals surface area contributed by atoms with E-state index >= 15 is 0 Å². The van der Waals surface area contributed by atoms with Crippen LogP contribution in [-0.4, -0.2) is 48.3 Å². The SMILES string of the molecule is CC(C)(C)C1CCC(N2CCCNCC2CO)CC1. The molecule has 0 aromatic carbocycles. The summed E-state index contributed by atoms with van der Waals surface area (Å²) < 4.78 is 0. The average Bonchev–Trinajstić information content (AvgIpc) is 2.62. The first kappa shape index (κ1) is 15.3. The van der Waals surface area contributed by atoms with Crippen molar-refractivity contribution in [3.8, 4) is 0 Å². The van der Waals surface area contributed by atoms with Crippen LogP contribution in [0.5, 0.6) is 0 Å². The van der Waals surface area contributed by atoms with Crippen molar-refractivity contribution in [2.24, 2.45) is 11.3 Å². The van der Waals surface area contributed by atoms with Gasteiger partial charge in [0.05, 0.1) is 6.61 Å². The van der Waals surface area contributed by atoms with Gasteiger partial charge in [-0.25, -0.2) is 0 Å². The number of rotatable bonds is 2. The average molecular weight is 268 g/mol. The van der Waals surface area contributed by atoms with Gasteiger partial charge in [-0.05, 0) is 50.0 Å². The molecule has 1 heterocycles. The summed E-state index contributed by atoms with van der Waals surface area (Å²) in [4.78, 5) is 2.60. The second-order valence-electron chi connectivity index (χ2n) is 7.50. The Morgan fingerprint density at radius 1 is 1.16 bits per heavy atom. The first-order valence-corrected chi connectivity index (χ1v) is 8.09. The third-order valence-electron chi connectivity index (χ3n) is 5.22. The topological polar surface area (TPSA) is 35.5 Å². The highest BCUT2D eigenvalue weighted by Crippen LogP contribution is 2.39. The minimum absolute atomic E-state index is 0.298. The summed E-state index contributed by atoms with van der Waals surface area (Å²) in [6, 6.07) is 1.04. The van der Waals surface area contributed by atoms with Crippen molar-refractivity contribution in [3.63, 3.8) is 0 Å². The van der Waals surface area contributed by atoms with Gasteiger partial charge >= 0.3 is 0 Å². The van der Waals surface area contributed by atoms with E-state index in [2.05, 4.69) is 31.0 Å². The van der Waals surface area contributed by atoms with E-state index in [0.717, 1.165) is 25.6 Å². The third kappa shape index (κ3) is 3.93. The van der Waals surface area contributed by atoms with Gasteiger partial charge in [0.2, 0.25) is 0 Å². The summed E-state index contributed by atoms with van der Waals surface area (Å²) in [6.45, 7) is 10.6. The molecule has 0 bridgehead atoms. The van der Waals surface area contributed by atoms with E-state index < -0.39 is 0 Å². The number of nitrogens with one attached hydrogen (secondary N) is 1. The minimum atomic E-state index is 0.298. The fraction of sp³-hybridized carbons (Fsp3) is 1.00. The van der Waals surface area contributed by atoms with E-state index in [4.69, 9.17) is 0 Å². The zero-order valence-electron chi connectivity index (χ0n) is 13.0. The van der Waals surface area contributed by atoms with Gasteiger partial charge in [0.1, 0.15) is 0 Å². The standard InChI is InChI=1S/C16H32N2O/c1-16(2,3)13-5-7-14(8-6-13)18-10-4-9-17-11-15(18)12-19/h13-15,17,19H,4-12H2,1-3H3. The molecule has 0 aromatic rings. The molecule has 0 spiro atoms. The van der Waals surface area contributed by atoms with Gasteiger partial charge in [0, 0.05) is 25.2 Å². The first-order valence-electron chi connectivity index (χ1n) is 8.09. The fourth-order valence-corrected chi connectivity index (χ4v) is 3.88. The number of nitrogens with zero attached hydrogens (tertiary/aromatic N) is 1. The van der Waals surface area contributed by atoms with Crippen LogP contribution in [-0.2, 0) is 0 Å². The number of aliphatic hydroxyl groups is 1. The molecule has 2 aliphatic rings. The van der Waals surface area contributed by atoms with E-state index in [-0.39, 0.29) is 0 Å². The van der Waals surface area contributed by atoms with Crippen molar-refractivity contribution in [1.29, 1.82) is 0 Å². The van der Waals surface area contributed by atoms with E-state index in [9.17, 15) is 5.11 Å². The Morgan fingerprint density at radius 3 is 2.42 bits per heavy atom. The molecule has 1 saturated carbocycles. The van der Waals surface area contributed by atoms with Crippen LogP contribution >= 0.6 is 0 Å². The molecular weight excluding hydrogens is 236 g/mol. The van der Waals surface area contributed by atoms with Crippen LogP contribution < -0.4 is 5.32 Å². The maximum atomic E-state index is 9.62. The summed E-state index contributed by atoms with van der Waals surface area (Å²) in [7, 11) is 0. The number of hydrogen-bond acceptors (Lipinski definition) is 3. The quantitative estimate of drug-likeness (QED) is 0.806. The normalized spacial score (nSPS) is 35.1. The Kier molecular flexibility index (Phi) is 5.27. The highest BCUT2D eigenvalue weighted by atomic mass is 16.3. The van der Waals surface area contributed by atoms with Gasteiger partial charge in [-0.2, -0.15) is 0 Å². The molecule has 112 valence electrons. The van der Waals surface area contributed by atoms with Crippen molar-refractivity contribution in [1.82, 2.24) is 10.2 Å². The lowest BCUT2D eigenvalue weighted by Crippen LogP contribution is -2.49. The summed E-state index contributed by atoms with van der Waals surface area (Å²) in [5.41, 5.74) is 0.460. The highest BCUT2D eigenvalue weighted by Gasteiger charge is 2.34. The minimum Gasteiger partial charge on any atom is -0.395 e. The van der Waals surface area contributed by atoms with Gasteiger partial charge in [-0.3, -0.25) is 4.90 Å². The maximum Gasteiger partial charge on any atom is 0.0599 e. The monoisotopic (exact) mass is 268 g/mol. The Labute approximate surface area is 118 Å². The molecule has 3 nitrogen and oxygen atoms in total.